The van der Waals surface area contributed by atoms with Crippen LogP contribution in [0.2, 0.25) is 0 Å². The highest BCUT2D eigenvalue weighted by Gasteiger charge is 2.45. The van der Waals surface area contributed by atoms with E-state index in [0.29, 0.717) is 17.7 Å². The second-order valence-electron chi connectivity index (χ2n) is 10.2. The quantitative estimate of drug-likeness (QED) is 0.660. The Hall–Kier alpha value is -2.58. The zero-order chi connectivity index (χ0) is 23.7. The van der Waals surface area contributed by atoms with Gasteiger partial charge >= 0.3 is 0 Å². The Labute approximate surface area is 200 Å². The summed E-state index contributed by atoms with van der Waals surface area (Å²) in [6, 6.07) is 4.49. The van der Waals surface area contributed by atoms with Crippen molar-refractivity contribution in [3.8, 4) is 0 Å². The second kappa shape index (κ2) is 9.96. The first kappa shape index (κ1) is 23.2. The van der Waals surface area contributed by atoms with Crippen molar-refractivity contribution in [1.82, 2.24) is 20.4 Å². The fourth-order valence-corrected chi connectivity index (χ4v) is 6.31. The van der Waals surface area contributed by atoms with Crippen molar-refractivity contribution in [2.45, 2.75) is 64.0 Å². The van der Waals surface area contributed by atoms with Crippen LogP contribution in [-0.2, 0) is 16.1 Å². The van der Waals surface area contributed by atoms with Gasteiger partial charge in [-0.2, -0.15) is 0 Å². The molecule has 4 heterocycles. The fourth-order valence-electron chi connectivity index (χ4n) is 6.31. The number of nitrogens with zero attached hydrogens (tertiary/aromatic N) is 2. The van der Waals surface area contributed by atoms with Gasteiger partial charge in [0.1, 0.15) is 6.04 Å². The molecule has 0 bridgehead atoms. The summed E-state index contributed by atoms with van der Waals surface area (Å²) in [5.74, 6) is -0.104. The highest BCUT2D eigenvalue weighted by molar-refractivity contribution is 6.24. The highest BCUT2D eigenvalue weighted by atomic mass is 16.2. The predicted molar refractivity (Wildman–Crippen MR) is 126 cm³/mol. The first-order valence-electron chi connectivity index (χ1n) is 12.8. The zero-order valence-corrected chi connectivity index (χ0v) is 19.7. The average Bonchev–Trinajstić information content (AvgIpc) is 3.07. The van der Waals surface area contributed by atoms with Crippen LogP contribution >= 0.6 is 0 Å². The summed E-state index contributed by atoms with van der Waals surface area (Å²) in [5.41, 5.74) is 1.64. The lowest BCUT2D eigenvalue weighted by Crippen LogP contribution is -2.54. The largest absolute Gasteiger partial charge is 0.317 e. The number of hydrogen-bond acceptors (Lipinski definition) is 6. The zero-order valence-electron chi connectivity index (χ0n) is 19.7. The maximum absolute atomic E-state index is 13.4. The number of rotatable bonds is 4. The molecule has 8 nitrogen and oxygen atoms in total. The molecule has 3 fully saturated rings. The van der Waals surface area contributed by atoms with E-state index in [1.54, 1.807) is 6.07 Å². The Morgan fingerprint density at radius 1 is 0.853 bits per heavy atom. The van der Waals surface area contributed by atoms with E-state index in [2.05, 4.69) is 15.5 Å². The summed E-state index contributed by atoms with van der Waals surface area (Å²) in [6.45, 7) is 4.90. The van der Waals surface area contributed by atoms with Crippen molar-refractivity contribution in [3.05, 3.63) is 34.9 Å². The molecule has 4 aliphatic rings. The molecule has 0 aromatic heterocycles. The third-order valence-electron chi connectivity index (χ3n) is 8.10. The number of fused-ring (bicyclic) bond motifs is 1. The molecule has 5 rings (SSSR count). The summed E-state index contributed by atoms with van der Waals surface area (Å²) in [5, 5.41) is 5.73. The van der Waals surface area contributed by atoms with Crippen LogP contribution in [0.15, 0.2) is 18.2 Å². The van der Waals surface area contributed by atoms with E-state index >= 15 is 0 Å². The number of carbonyl (C=O) groups is 4. The van der Waals surface area contributed by atoms with Crippen LogP contribution in [0.25, 0.3) is 0 Å². The van der Waals surface area contributed by atoms with E-state index in [9.17, 15) is 19.2 Å². The number of piperidine rings is 2. The predicted octanol–water partition coefficient (Wildman–Crippen LogP) is 2.08. The molecule has 0 saturated carbocycles. The topological polar surface area (TPSA) is 98.8 Å². The van der Waals surface area contributed by atoms with E-state index < -0.39 is 23.8 Å². The van der Waals surface area contributed by atoms with Crippen LogP contribution in [-0.4, -0.2) is 65.6 Å². The molecule has 3 saturated heterocycles. The molecule has 2 N–H and O–H groups in total. The number of hydrogen-bond donors (Lipinski definition) is 2. The summed E-state index contributed by atoms with van der Waals surface area (Å²) in [4.78, 5) is 53.8. The lowest BCUT2D eigenvalue weighted by molar-refractivity contribution is -0.136. The highest BCUT2D eigenvalue weighted by Crippen LogP contribution is 2.33. The van der Waals surface area contributed by atoms with Gasteiger partial charge in [-0.25, -0.2) is 0 Å². The van der Waals surface area contributed by atoms with Crippen molar-refractivity contribution in [3.63, 3.8) is 0 Å². The standard InChI is InChI=1S/C26H34N4O4/c31-22-9-8-21(24(32)28-22)30-25(33)20-7-1-4-19(23(20)26(30)34)16-29-14-2-5-17(6-3-15-29)18-10-12-27-13-11-18/h1,4,7,17-18,21,27H,2-3,5-6,8-16H2,(H,28,31,32). The summed E-state index contributed by atoms with van der Waals surface area (Å²) in [7, 11) is 0. The van der Waals surface area contributed by atoms with Gasteiger partial charge in [-0.05, 0) is 94.6 Å². The first-order valence-corrected chi connectivity index (χ1v) is 12.8. The normalized spacial score (nSPS) is 25.8. The maximum Gasteiger partial charge on any atom is 0.262 e. The van der Waals surface area contributed by atoms with Crippen LogP contribution in [0.4, 0.5) is 0 Å². The van der Waals surface area contributed by atoms with Gasteiger partial charge in [-0.3, -0.25) is 34.3 Å². The van der Waals surface area contributed by atoms with Crippen LogP contribution in [0.1, 0.15) is 77.6 Å². The molecule has 1 aromatic carbocycles. The van der Waals surface area contributed by atoms with E-state index in [-0.39, 0.29) is 18.7 Å². The molecule has 8 heteroatoms. The Morgan fingerprint density at radius 3 is 2.26 bits per heavy atom. The van der Waals surface area contributed by atoms with E-state index in [1.165, 1.54) is 25.7 Å². The smallest absolute Gasteiger partial charge is 0.262 e. The second-order valence-corrected chi connectivity index (χ2v) is 10.2. The van der Waals surface area contributed by atoms with E-state index in [0.717, 1.165) is 61.3 Å². The Kier molecular flexibility index (Phi) is 6.79. The van der Waals surface area contributed by atoms with Crippen LogP contribution < -0.4 is 10.6 Å². The molecular formula is C26H34N4O4. The van der Waals surface area contributed by atoms with E-state index in [1.807, 2.05) is 12.1 Å². The minimum Gasteiger partial charge on any atom is -0.317 e. The number of nitrogens with one attached hydrogen (secondary N) is 2. The molecule has 4 aliphatic heterocycles. The molecule has 0 radical (unpaired) electrons. The number of likely N-dealkylation sites (tertiary alicyclic amines) is 1. The number of amides is 4. The van der Waals surface area contributed by atoms with Gasteiger partial charge in [-0.15, -0.1) is 0 Å². The van der Waals surface area contributed by atoms with Gasteiger partial charge in [0.15, 0.2) is 0 Å². The third kappa shape index (κ3) is 4.53. The lowest BCUT2D eigenvalue weighted by atomic mass is 9.79. The molecule has 1 atom stereocenters. The van der Waals surface area contributed by atoms with Crippen molar-refractivity contribution >= 4 is 23.6 Å². The maximum atomic E-state index is 13.4. The molecule has 1 aromatic rings. The molecule has 0 aliphatic carbocycles. The number of benzene rings is 1. The van der Waals surface area contributed by atoms with Crippen LogP contribution in [0.3, 0.4) is 0 Å². The van der Waals surface area contributed by atoms with Gasteiger partial charge in [0.2, 0.25) is 11.8 Å². The lowest BCUT2D eigenvalue weighted by Gasteiger charge is -2.34. The number of imide groups is 2. The first-order chi connectivity index (χ1) is 16.5. The SMILES string of the molecule is O=C1CCC(N2C(=O)c3cccc(CN4CCCC(C5CCNCC5)CCC4)c3C2=O)C(=O)N1. The van der Waals surface area contributed by atoms with Crippen LogP contribution in [0, 0.1) is 11.8 Å². The average molecular weight is 467 g/mol. The minimum atomic E-state index is -0.924. The van der Waals surface area contributed by atoms with Crippen LogP contribution in [0.5, 0.6) is 0 Å². The number of carbonyl (C=O) groups excluding carboxylic acids is 4. The molecule has 1 unspecified atom stereocenters. The summed E-state index contributed by atoms with van der Waals surface area (Å²) >= 11 is 0. The van der Waals surface area contributed by atoms with Crippen molar-refractivity contribution in [2.24, 2.45) is 11.8 Å². The van der Waals surface area contributed by atoms with Gasteiger partial charge in [0.05, 0.1) is 11.1 Å². The Bertz CT molecular complexity index is 977. The van der Waals surface area contributed by atoms with Gasteiger partial charge in [0.25, 0.3) is 11.8 Å². The van der Waals surface area contributed by atoms with Crippen molar-refractivity contribution in [1.29, 1.82) is 0 Å². The summed E-state index contributed by atoms with van der Waals surface area (Å²) < 4.78 is 0. The minimum absolute atomic E-state index is 0.128. The molecule has 4 amide bonds. The third-order valence-corrected chi connectivity index (χ3v) is 8.10. The molecule has 34 heavy (non-hydrogen) atoms. The van der Waals surface area contributed by atoms with Gasteiger partial charge in [-0.1, -0.05) is 12.1 Å². The van der Waals surface area contributed by atoms with Gasteiger partial charge in [0, 0.05) is 13.0 Å². The van der Waals surface area contributed by atoms with Crippen molar-refractivity contribution in [2.75, 3.05) is 26.2 Å². The Morgan fingerprint density at radius 2 is 1.56 bits per heavy atom. The Balaban J connectivity index is 1.26. The molecular weight excluding hydrogens is 432 g/mol. The van der Waals surface area contributed by atoms with Gasteiger partial charge < -0.3 is 5.32 Å². The summed E-state index contributed by atoms with van der Waals surface area (Å²) in [6.07, 6.45) is 7.72. The van der Waals surface area contributed by atoms with E-state index in [4.69, 9.17) is 0 Å². The molecule has 182 valence electrons. The van der Waals surface area contributed by atoms with Crippen molar-refractivity contribution < 1.29 is 19.2 Å². The fraction of sp³-hybridized carbons (Fsp3) is 0.615. The molecule has 0 spiro atoms. The monoisotopic (exact) mass is 466 g/mol.